The number of rotatable bonds is 6. The second kappa shape index (κ2) is 8.61. The maximum atomic E-state index is 13.1. The van der Waals surface area contributed by atoms with Crippen LogP contribution in [0.3, 0.4) is 0 Å². The Morgan fingerprint density at radius 3 is 2.73 bits per heavy atom. The van der Waals surface area contributed by atoms with Crippen molar-refractivity contribution in [3.63, 3.8) is 0 Å². The number of benzene rings is 2. The maximum absolute atomic E-state index is 13.1. The van der Waals surface area contributed by atoms with Crippen molar-refractivity contribution in [1.82, 2.24) is 10.6 Å². The fraction of sp³-hybridized carbons (Fsp3) is 0.333. The van der Waals surface area contributed by atoms with Gasteiger partial charge in [-0.1, -0.05) is 36.4 Å². The van der Waals surface area contributed by atoms with Gasteiger partial charge in [0, 0.05) is 12.5 Å². The quantitative estimate of drug-likeness (QED) is 0.838. The molecule has 0 fully saturated rings. The van der Waals surface area contributed by atoms with Crippen molar-refractivity contribution >= 4 is 11.8 Å². The van der Waals surface area contributed by atoms with Crippen LogP contribution in [0.5, 0.6) is 0 Å². The summed E-state index contributed by atoms with van der Waals surface area (Å²) in [5, 5.41) is 5.49. The predicted molar refractivity (Wildman–Crippen MR) is 98.2 cm³/mol. The minimum atomic E-state index is -0.374. The first-order valence-corrected chi connectivity index (χ1v) is 8.97. The largest absolute Gasteiger partial charge is 0.354 e. The average Bonchev–Trinajstić information content (AvgIpc) is 2.64. The zero-order chi connectivity index (χ0) is 18.4. The molecule has 0 aromatic heterocycles. The van der Waals surface area contributed by atoms with Crippen LogP contribution in [0.2, 0.25) is 0 Å². The smallest absolute Gasteiger partial charge is 0.239 e. The van der Waals surface area contributed by atoms with Gasteiger partial charge in [-0.15, -0.1) is 0 Å². The predicted octanol–water partition coefficient (Wildman–Crippen LogP) is 2.72. The molecule has 0 aliphatic heterocycles. The van der Waals surface area contributed by atoms with Gasteiger partial charge in [-0.2, -0.15) is 0 Å². The topological polar surface area (TPSA) is 58.2 Å². The first kappa shape index (κ1) is 18.1. The Kier molecular flexibility index (Phi) is 6.00. The van der Waals surface area contributed by atoms with E-state index in [-0.39, 0.29) is 30.6 Å². The summed E-state index contributed by atoms with van der Waals surface area (Å²) in [6.45, 7) is 0.512. The number of aryl methyl sites for hydroxylation is 1. The van der Waals surface area contributed by atoms with Crippen LogP contribution >= 0.6 is 0 Å². The zero-order valence-corrected chi connectivity index (χ0v) is 14.6. The first-order valence-electron chi connectivity index (χ1n) is 8.97. The highest BCUT2D eigenvalue weighted by atomic mass is 19.1. The molecule has 1 aliphatic carbocycles. The van der Waals surface area contributed by atoms with Crippen LogP contribution in [0.4, 0.5) is 4.39 Å². The minimum Gasteiger partial charge on any atom is -0.354 e. The van der Waals surface area contributed by atoms with Crippen molar-refractivity contribution in [2.75, 3.05) is 13.1 Å². The van der Waals surface area contributed by atoms with E-state index in [1.807, 2.05) is 12.1 Å². The molecule has 2 amide bonds. The SMILES string of the molecule is O=C(CNC(=O)Cc1cccc(F)c1)NCC1CCCc2ccccc21. The molecule has 0 bridgehead atoms. The Bertz CT molecular complexity index is 791. The maximum Gasteiger partial charge on any atom is 0.239 e. The van der Waals surface area contributed by atoms with Gasteiger partial charge >= 0.3 is 0 Å². The van der Waals surface area contributed by atoms with Crippen molar-refractivity contribution in [2.45, 2.75) is 31.6 Å². The first-order chi connectivity index (χ1) is 12.6. The lowest BCUT2D eigenvalue weighted by atomic mass is 9.83. The molecule has 3 rings (SSSR count). The number of hydrogen-bond acceptors (Lipinski definition) is 2. The number of nitrogens with one attached hydrogen (secondary N) is 2. The van der Waals surface area contributed by atoms with Crippen LogP contribution in [0.1, 0.15) is 35.4 Å². The molecule has 4 nitrogen and oxygen atoms in total. The molecule has 0 heterocycles. The molecule has 0 saturated heterocycles. The van der Waals surface area contributed by atoms with Crippen LogP contribution in [-0.2, 0) is 22.4 Å². The standard InChI is InChI=1S/C21H23FN2O2/c22-18-9-3-5-15(11-18)12-20(25)24-14-21(26)23-13-17-8-4-7-16-6-1-2-10-19(16)17/h1-3,5-6,9-11,17H,4,7-8,12-14H2,(H,23,26)(H,24,25). The highest BCUT2D eigenvalue weighted by Gasteiger charge is 2.20. The summed E-state index contributed by atoms with van der Waals surface area (Å²) < 4.78 is 13.1. The Balaban J connectivity index is 1.43. The Morgan fingerprint density at radius 2 is 1.88 bits per heavy atom. The van der Waals surface area contributed by atoms with Crippen molar-refractivity contribution in [2.24, 2.45) is 0 Å². The summed E-state index contributed by atoms with van der Waals surface area (Å²) in [6.07, 6.45) is 3.34. The normalized spacial score (nSPS) is 15.8. The number of carbonyl (C=O) groups excluding carboxylic acids is 2. The molecule has 2 aromatic rings. The van der Waals surface area contributed by atoms with Gasteiger partial charge in [-0.25, -0.2) is 4.39 Å². The van der Waals surface area contributed by atoms with Crippen LogP contribution in [0.15, 0.2) is 48.5 Å². The van der Waals surface area contributed by atoms with Crippen LogP contribution in [0, 0.1) is 5.82 Å². The third-order valence-electron chi connectivity index (χ3n) is 4.74. The molecule has 26 heavy (non-hydrogen) atoms. The second-order valence-electron chi connectivity index (χ2n) is 6.68. The Labute approximate surface area is 152 Å². The van der Waals surface area contributed by atoms with Crippen LogP contribution in [-0.4, -0.2) is 24.9 Å². The van der Waals surface area contributed by atoms with E-state index < -0.39 is 0 Å². The molecular formula is C21H23FN2O2. The molecule has 1 unspecified atom stereocenters. The molecule has 2 N–H and O–H groups in total. The number of carbonyl (C=O) groups is 2. The number of halogens is 1. The monoisotopic (exact) mass is 354 g/mol. The summed E-state index contributed by atoms with van der Waals surface area (Å²) >= 11 is 0. The van der Waals surface area contributed by atoms with Crippen LogP contribution in [0.25, 0.3) is 0 Å². The Hall–Kier alpha value is -2.69. The van der Waals surface area contributed by atoms with E-state index in [1.165, 1.54) is 23.3 Å². The fourth-order valence-electron chi connectivity index (χ4n) is 3.44. The summed E-state index contributed by atoms with van der Waals surface area (Å²) in [6, 6.07) is 14.3. The van der Waals surface area contributed by atoms with Gasteiger partial charge in [0.05, 0.1) is 13.0 Å². The van der Waals surface area contributed by atoms with Gasteiger partial charge in [0.1, 0.15) is 5.82 Å². The molecule has 0 radical (unpaired) electrons. The average molecular weight is 354 g/mol. The van der Waals surface area contributed by atoms with E-state index in [0.717, 1.165) is 19.3 Å². The molecule has 1 atom stereocenters. The summed E-state index contributed by atoms with van der Waals surface area (Å²) in [5.74, 6) is -0.554. The van der Waals surface area contributed by atoms with Gasteiger partial charge in [0.2, 0.25) is 11.8 Å². The van der Waals surface area contributed by atoms with Crippen molar-refractivity contribution in [3.8, 4) is 0 Å². The molecular weight excluding hydrogens is 331 g/mol. The fourth-order valence-corrected chi connectivity index (χ4v) is 3.44. The molecule has 0 saturated carbocycles. The van der Waals surface area contributed by atoms with Crippen molar-refractivity contribution in [3.05, 3.63) is 71.0 Å². The molecule has 136 valence electrons. The van der Waals surface area contributed by atoms with Gasteiger partial charge in [-0.05, 0) is 48.1 Å². The lowest BCUT2D eigenvalue weighted by Gasteiger charge is -2.25. The summed E-state index contributed by atoms with van der Waals surface area (Å²) in [7, 11) is 0. The van der Waals surface area contributed by atoms with Gasteiger partial charge < -0.3 is 10.6 Å². The van der Waals surface area contributed by atoms with Crippen molar-refractivity contribution < 1.29 is 14.0 Å². The zero-order valence-electron chi connectivity index (χ0n) is 14.6. The van der Waals surface area contributed by atoms with Gasteiger partial charge in [0.15, 0.2) is 0 Å². The third-order valence-corrected chi connectivity index (χ3v) is 4.74. The number of fused-ring (bicyclic) bond motifs is 1. The van der Waals surface area contributed by atoms with E-state index in [4.69, 9.17) is 0 Å². The lowest BCUT2D eigenvalue weighted by Crippen LogP contribution is -2.39. The van der Waals surface area contributed by atoms with Gasteiger partial charge in [0.25, 0.3) is 0 Å². The highest BCUT2D eigenvalue weighted by molar-refractivity contribution is 5.85. The minimum absolute atomic E-state index is 0.0566. The van der Waals surface area contributed by atoms with E-state index in [9.17, 15) is 14.0 Å². The van der Waals surface area contributed by atoms with Crippen molar-refractivity contribution in [1.29, 1.82) is 0 Å². The molecule has 2 aromatic carbocycles. The lowest BCUT2D eigenvalue weighted by molar-refractivity contribution is -0.125. The van der Waals surface area contributed by atoms with E-state index in [1.54, 1.807) is 12.1 Å². The number of hydrogen-bond donors (Lipinski definition) is 2. The van der Waals surface area contributed by atoms with E-state index in [0.29, 0.717) is 18.0 Å². The van der Waals surface area contributed by atoms with E-state index in [2.05, 4.69) is 22.8 Å². The molecule has 0 spiro atoms. The Morgan fingerprint density at radius 1 is 1.04 bits per heavy atom. The second-order valence-corrected chi connectivity index (χ2v) is 6.68. The summed E-state index contributed by atoms with van der Waals surface area (Å²) in [5.41, 5.74) is 3.26. The molecule has 5 heteroatoms. The number of amides is 2. The highest BCUT2D eigenvalue weighted by Crippen LogP contribution is 2.30. The van der Waals surface area contributed by atoms with Crippen LogP contribution < -0.4 is 10.6 Å². The van der Waals surface area contributed by atoms with E-state index >= 15 is 0 Å². The third kappa shape index (κ3) is 4.91. The summed E-state index contributed by atoms with van der Waals surface area (Å²) in [4.78, 5) is 23.9. The molecule has 1 aliphatic rings. The van der Waals surface area contributed by atoms with Gasteiger partial charge in [-0.3, -0.25) is 9.59 Å².